The second kappa shape index (κ2) is 9.29. The number of halogens is 1. The van der Waals surface area contributed by atoms with Crippen LogP contribution in [0.15, 0.2) is 47.9 Å². The second-order valence-corrected chi connectivity index (χ2v) is 6.42. The molecule has 0 radical (unpaired) electrons. The molecule has 1 aromatic heterocycles. The third kappa shape index (κ3) is 6.81. The van der Waals surface area contributed by atoms with Crippen LogP contribution in [0.2, 0.25) is 5.02 Å². The Kier molecular flexibility index (Phi) is 7.06. The van der Waals surface area contributed by atoms with Gasteiger partial charge in [-0.25, -0.2) is 0 Å². The van der Waals surface area contributed by atoms with Crippen LogP contribution in [0.1, 0.15) is 10.4 Å². The molecule has 23 heavy (non-hydrogen) atoms. The number of thiophene rings is 1. The Morgan fingerprint density at radius 3 is 2.70 bits per heavy atom. The minimum atomic E-state index is -0.264. The number of hydrogen-bond donors (Lipinski definition) is 3. The van der Waals surface area contributed by atoms with Gasteiger partial charge in [0.2, 0.25) is 0 Å². The van der Waals surface area contributed by atoms with Crippen molar-refractivity contribution < 1.29 is 4.79 Å². The van der Waals surface area contributed by atoms with Gasteiger partial charge >= 0.3 is 0 Å². The number of thiocarbonyl (C=S) groups is 1. The van der Waals surface area contributed by atoms with Gasteiger partial charge in [0.25, 0.3) is 5.91 Å². The summed E-state index contributed by atoms with van der Waals surface area (Å²) in [4.78, 5) is 12.6. The van der Waals surface area contributed by atoms with E-state index >= 15 is 0 Å². The summed E-state index contributed by atoms with van der Waals surface area (Å²) >= 11 is 12.5. The predicted molar refractivity (Wildman–Crippen MR) is 100 cm³/mol. The van der Waals surface area contributed by atoms with Crippen LogP contribution in [0.5, 0.6) is 0 Å². The molecule has 3 N–H and O–H groups in total. The first-order valence-electron chi connectivity index (χ1n) is 6.93. The number of hydrazine groups is 1. The molecule has 1 heterocycles. The molecule has 1 aromatic carbocycles. The van der Waals surface area contributed by atoms with Crippen LogP contribution < -0.4 is 16.2 Å². The van der Waals surface area contributed by atoms with Crippen molar-refractivity contribution in [3.05, 3.63) is 63.3 Å². The maximum Gasteiger partial charge on any atom is 0.262 e. The molecule has 0 atom stereocenters. The maximum atomic E-state index is 11.6. The van der Waals surface area contributed by atoms with E-state index in [2.05, 4.69) is 16.2 Å². The molecule has 0 aliphatic rings. The Morgan fingerprint density at radius 1 is 1.22 bits per heavy atom. The van der Waals surface area contributed by atoms with E-state index in [-0.39, 0.29) is 5.91 Å². The number of carbonyl (C=O) groups excluding carboxylic acids is 1. The molecule has 0 spiro atoms. The van der Waals surface area contributed by atoms with E-state index in [0.29, 0.717) is 11.7 Å². The smallest absolute Gasteiger partial charge is 0.262 e. The topological polar surface area (TPSA) is 53.2 Å². The zero-order chi connectivity index (χ0) is 16.5. The molecule has 0 unspecified atom stereocenters. The highest BCUT2D eigenvalue weighted by Gasteiger charge is 1.99. The summed E-state index contributed by atoms with van der Waals surface area (Å²) in [6.07, 6.45) is 4.01. The van der Waals surface area contributed by atoms with E-state index in [1.165, 1.54) is 6.08 Å². The Hall–Kier alpha value is -1.89. The number of hydrogen-bond acceptors (Lipinski definition) is 3. The van der Waals surface area contributed by atoms with Gasteiger partial charge in [-0.15, -0.1) is 11.3 Å². The summed E-state index contributed by atoms with van der Waals surface area (Å²) in [6, 6.07) is 11.5. The average Bonchev–Trinajstić information content (AvgIpc) is 3.06. The van der Waals surface area contributed by atoms with E-state index in [9.17, 15) is 4.79 Å². The van der Waals surface area contributed by atoms with Crippen LogP contribution in [0.4, 0.5) is 0 Å². The monoisotopic (exact) mass is 365 g/mol. The van der Waals surface area contributed by atoms with Crippen molar-refractivity contribution in [2.45, 2.75) is 6.42 Å². The van der Waals surface area contributed by atoms with Crippen molar-refractivity contribution in [1.29, 1.82) is 0 Å². The largest absolute Gasteiger partial charge is 0.361 e. The van der Waals surface area contributed by atoms with E-state index in [1.54, 1.807) is 17.4 Å². The first kappa shape index (κ1) is 17.5. The predicted octanol–water partition coefficient (Wildman–Crippen LogP) is 3.15. The highest BCUT2D eigenvalue weighted by atomic mass is 35.5. The second-order valence-electron chi connectivity index (χ2n) is 4.60. The van der Waals surface area contributed by atoms with E-state index in [0.717, 1.165) is 21.9 Å². The molecular formula is C16H16ClN3OS2. The molecule has 2 rings (SSSR count). The molecule has 120 valence electrons. The molecule has 0 aliphatic carbocycles. The molecule has 0 bridgehead atoms. The third-order valence-electron chi connectivity index (χ3n) is 2.85. The zero-order valence-corrected chi connectivity index (χ0v) is 14.6. The quantitative estimate of drug-likeness (QED) is 0.433. The molecule has 0 aliphatic heterocycles. The van der Waals surface area contributed by atoms with Gasteiger partial charge in [0.05, 0.1) is 0 Å². The van der Waals surface area contributed by atoms with Crippen LogP contribution in [0, 0.1) is 0 Å². The fraction of sp³-hybridized carbons (Fsp3) is 0.125. The lowest BCUT2D eigenvalue weighted by molar-refractivity contribution is -0.116. The van der Waals surface area contributed by atoms with E-state index in [1.807, 2.05) is 41.8 Å². The zero-order valence-electron chi connectivity index (χ0n) is 12.2. The third-order valence-corrected chi connectivity index (χ3v) is 4.19. The van der Waals surface area contributed by atoms with Crippen LogP contribution >= 0.6 is 35.2 Å². The average molecular weight is 366 g/mol. The maximum absolute atomic E-state index is 11.6. The molecular weight excluding hydrogens is 350 g/mol. The Bertz CT molecular complexity index is 669. The fourth-order valence-electron chi connectivity index (χ4n) is 1.72. The fourth-order valence-corrected chi connectivity index (χ4v) is 2.62. The Balaban J connectivity index is 1.63. The van der Waals surface area contributed by atoms with Crippen LogP contribution in [0.25, 0.3) is 6.08 Å². The van der Waals surface area contributed by atoms with Crippen LogP contribution in [0.3, 0.4) is 0 Å². The van der Waals surface area contributed by atoms with Gasteiger partial charge < -0.3 is 5.32 Å². The van der Waals surface area contributed by atoms with Gasteiger partial charge in [-0.3, -0.25) is 15.6 Å². The minimum Gasteiger partial charge on any atom is -0.361 e. The van der Waals surface area contributed by atoms with Crippen molar-refractivity contribution in [2.75, 3.05) is 6.54 Å². The summed E-state index contributed by atoms with van der Waals surface area (Å²) in [5.41, 5.74) is 6.33. The minimum absolute atomic E-state index is 0.264. The van der Waals surface area contributed by atoms with Crippen molar-refractivity contribution in [1.82, 2.24) is 16.2 Å². The lowest BCUT2D eigenvalue weighted by atomic mass is 10.1. The summed E-state index contributed by atoms with van der Waals surface area (Å²) in [5.74, 6) is -0.264. The number of nitrogens with one attached hydrogen (secondary N) is 3. The summed E-state index contributed by atoms with van der Waals surface area (Å²) < 4.78 is 0. The van der Waals surface area contributed by atoms with E-state index < -0.39 is 0 Å². The Labute approximate surface area is 149 Å². The van der Waals surface area contributed by atoms with Crippen molar-refractivity contribution in [3.63, 3.8) is 0 Å². The molecule has 0 saturated carbocycles. The first-order chi connectivity index (χ1) is 11.1. The molecule has 1 amide bonds. The number of rotatable bonds is 5. The molecule has 2 aromatic rings. The van der Waals surface area contributed by atoms with Crippen molar-refractivity contribution in [2.24, 2.45) is 0 Å². The van der Waals surface area contributed by atoms with E-state index in [4.69, 9.17) is 23.8 Å². The van der Waals surface area contributed by atoms with Gasteiger partial charge in [0.1, 0.15) is 0 Å². The molecule has 7 heteroatoms. The van der Waals surface area contributed by atoms with Gasteiger partial charge in [0, 0.05) is 22.5 Å². The highest BCUT2D eigenvalue weighted by Crippen LogP contribution is 2.10. The lowest BCUT2D eigenvalue weighted by Crippen LogP contribution is -2.46. The SMILES string of the molecule is O=C(/C=C/c1cccs1)NNC(=S)NCCc1ccc(Cl)cc1. The van der Waals surface area contributed by atoms with Gasteiger partial charge in [-0.2, -0.15) is 0 Å². The number of carbonyl (C=O) groups is 1. The molecule has 0 fully saturated rings. The van der Waals surface area contributed by atoms with Gasteiger partial charge in [0.15, 0.2) is 5.11 Å². The van der Waals surface area contributed by atoms with Gasteiger partial charge in [-0.05, 0) is 53.9 Å². The lowest BCUT2D eigenvalue weighted by Gasteiger charge is -2.10. The van der Waals surface area contributed by atoms with Crippen LogP contribution in [-0.4, -0.2) is 17.6 Å². The summed E-state index contributed by atoms with van der Waals surface area (Å²) in [5, 5.41) is 6.07. The molecule has 0 saturated heterocycles. The van der Waals surface area contributed by atoms with Crippen molar-refractivity contribution >= 4 is 52.3 Å². The van der Waals surface area contributed by atoms with Gasteiger partial charge in [-0.1, -0.05) is 29.8 Å². The summed E-state index contributed by atoms with van der Waals surface area (Å²) in [7, 11) is 0. The number of amides is 1. The van der Waals surface area contributed by atoms with Crippen LogP contribution in [-0.2, 0) is 11.2 Å². The Morgan fingerprint density at radius 2 is 2.00 bits per heavy atom. The summed E-state index contributed by atoms with van der Waals surface area (Å²) in [6.45, 7) is 0.661. The molecule has 4 nitrogen and oxygen atoms in total. The first-order valence-corrected chi connectivity index (χ1v) is 8.60. The highest BCUT2D eigenvalue weighted by molar-refractivity contribution is 7.80. The standard InChI is InChI=1S/C16H16ClN3OS2/c17-13-5-3-12(4-6-13)9-10-18-16(22)20-19-15(21)8-7-14-2-1-11-23-14/h1-8,11H,9-10H2,(H,19,21)(H2,18,20,22)/b8-7+. The number of benzene rings is 1. The normalized spacial score (nSPS) is 10.5. The van der Waals surface area contributed by atoms with Crippen molar-refractivity contribution in [3.8, 4) is 0 Å².